The second-order valence-corrected chi connectivity index (χ2v) is 8.57. The molecule has 0 saturated carbocycles. The summed E-state index contributed by atoms with van der Waals surface area (Å²) in [7, 11) is 0. The van der Waals surface area contributed by atoms with Crippen LogP contribution in [0, 0.1) is 0 Å². The summed E-state index contributed by atoms with van der Waals surface area (Å²) in [5.74, 6) is 1.56. The number of ether oxygens (including phenoxy) is 2. The zero-order valence-corrected chi connectivity index (χ0v) is 20.1. The number of hydrogen-bond donors (Lipinski definition) is 0. The quantitative estimate of drug-likeness (QED) is 0.201. The van der Waals surface area contributed by atoms with Gasteiger partial charge in [0.15, 0.2) is 0 Å². The molecule has 2 nitrogen and oxygen atoms in total. The van der Waals surface area contributed by atoms with Gasteiger partial charge in [-0.1, -0.05) is 127 Å². The molecule has 0 amide bonds. The maximum Gasteiger partial charge on any atom is 0.124 e. The van der Waals surface area contributed by atoms with E-state index in [-0.39, 0.29) is 0 Å². The van der Waals surface area contributed by atoms with Crippen LogP contribution in [0.4, 0.5) is 0 Å². The van der Waals surface area contributed by atoms with Crippen molar-refractivity contribution < 1.29 is 9.47 Å². The lowest BCUT2D eigenvalue weighted by molar-refractivity contribution is 0.290. The van der Waals surface area contributed by atoms with Gasteiger partial charge >= 0.3 is 0 Å². The van der Waals surface area contributed by atoms with Crippen molar-refractivity contribution in [1.82, 2.24) is 0 Å². The van der Waals surface area contributed by atoms with Crippen LogP contribution in [-0.2, 0) is 13.2 Å². The van der Waals surface area contributed by atoms with Gasteiger partial charge in [0.2, 0.25) is 0 Å². The average Bonchev–Trinajstić information content (AvgIpc) is 2.96. The molecule has 5 rings (SSSR count). The average molecular weight is 469 g/mol. The maximum atomic E-state index is 6.22. The van der Waals surface area contributed by atoms with Crippen molar-refractivity contribution >= 4 is 12.2 Å². The molecule has 0 fully saturated rings. The highest BCUT2D eigenvalue weighted by Gasteiger charge is 2.09. The maximum absolute atomic E-state index is 6.22. The third-order valence-electron chi connectivity index (χ3n) is 5.90. The first-order valence-electron chi connectivity index (χ1n) is 12.1. The van der Waals surface area contributed by atoms with E-state index >= 15 is 0 Å². The highest BCUT2D eigenvalue weighted by molar-refractivity contribution is 5.81. The molecule has 36 heavy (non-hydrogen) atoms. The first-order chi connectivity index (χ1) is 17.8. The lowest BCUT2D eigenvalue weighted by Gasteiger charge is -2.14. The van der Waals surface area contributed by atoms with Gasteiger partial charge in [0.05, 0.1) is 0 Å². The summed E-state index contributed by atoms with van der Waals surface area (Å²) in [6, 6.07) is 45.3. The fourth-order valence-electron chi connectivity index (χ4n) is 4.03. The summed E-state index contributed by atoms with van der Waals surface area (Å²) in [6.45, 7) is 0.996. The Labute approximate surface area is 213 Å². The van der Waals surface area contributed by atoms with Crippen molar-refractivity contribution in [2.24, 2.45) is 0 Å². The topological polar surface area (TPSA) is 18.5 Å². The van der Waals surface area contributed by atoms with Crippen LogP contribution >= 0.6 is 0 Å². The number of rotatable bonds is 9. The third kappa shape index (κ3) is 6.31. The molecular formula is C34H28O2. The molecule has 0 bridgehead atoms. The van der Waals surface area contributed by atoms with Crippen molar-refractivity contribution in [3.8, 4) is 22.6 Å². The Morgan fingerprint density at radius 2 is 0.972 bits per heavy atom. The van der Waals surface area contributed by atoms with Gasteiger partial charge in [0.25, 0.3) is 0 Å². The monoisotopic (exact) mass is 468 g/mol. The van der Waals surface area contributed by atoms with Gasteiger partial charge in [-0.05, 0) is 45.5 Å². The summed E-state index contributed by atoms with van der Waals surface area (Å²) in [4.78, 5) is 0. The Balaban J connectivity index is 1.46. The predicted molar refractivity (Wildman–Crippen MR) is 149 cm³/mol. The molecule has 5 aromatic carbocycles. The Bertz CT molecular complexity index is 1350. The molecule has 0 N–H and O–H groups in total. The minimum atomic E-state index is 0.498. The van der Waals surface area contributed by atoms with E-state index in [2.05, 4.69) is 97.1 Å². The Hall–Kier alpha value is -4.56. The fourth-order valence-corrected chi connectivity index (χ4v) is 4.03. The van der Waals surface area contributed by atoms with Crippen LogP contribution in [0.1, 0.15) is 22.3 Å². The lowest BCUT2D eigenvalue weighted by Crippen LogP contribution is -1.99. The standard InChI is InChI=1S/C34H28O2/c1-4-12-27(13-5-1)20-21-30-18-10-11-19-34(30)31-22-32(35-25-28-14-6-2-7-15-28)24-33(23-31)36-26-29-16-8-3-9-17-29/h1-24H,25-26H2. The van der Waals surface area contributed by atoms with E-state index < -0.39 is 0 Å². The van der Waals surface area contributed by atoms with Gasteiger partial charge < -0.3 is 9.47 Å². The molecular weight excluding hydrogens is 440 g/mol. The van der Waals surface area contributed by atoms with Gasteiger partial charge in [0, 0.05) is 6.07 Å². The van der Waals surface area contributed by atoms with Crippen molar-refractivity contribution in [3.63, 3.8) is 0 Å². The molecule has 0 atom stereocenters. The van der Waals surface area contributed by atoms with E-state index in [1.54, 1.807) is 0 Å². The Kier molecular flexibility index (Phi) is 7.55. The predicted octanol–water partition coefficient (Wildman–Crippen LogP) is 8.68. The minimum Gasteiger partial charge on any atom is -0.489 e. The molecule has 0 aromatic heterocycles. The van der Waals surface area contributed by atoms with E-state index in [0.717, 1.165) is 39.3 Å². The zero-order valence-electron chi connectivity index (χ0n) is 20.1. The second kappa shape index (κ2) is 11.7. The first-order valence-corrected chi connectivity index (χ1v) is 12.1. The van der Waals surface area contributed by atoms with Crippen LogP contribution in [0.2, 0.25) is 0 Å². The van der Waals surface area contributed by atoms with Gasteiger partial charge in [-0.15, -0.1) is 0 Å². The molecule has 2 heteroatoms. The summed E-state index contributed by atoms with van der Waals surface area (Å²) in [5, 5.41) is 0. The minimum absolute atomic E-state index is 0.498. The molecule has 0 spiro atoms. The first kappa shape index (κ1) is 23.2. The molecule has 0 heterocycles. The van der Waals surface area contributed by atoms with Crippen LogP contribution in [-0.4, -0.2) is 0 Å². The van der Waals surface area contributed by atoms with Crippen LogP contribution in [0.3, 0.4) is 0 Å². The Morgan fingerprint density at radius 1 is 0.472 bits per heavy atom. The van der Waals surface area contributed by atoms with Crippen LogP contribution in [0.5, 0.6) is 11.5 Å². The van der Waals surface area contributed by atoms with E-state index in [9.17, 15) is 0 Å². The van der Waals surface area contributed by atoms with Gasteiger partial charge in [0.1, 0.15) is 24.7 Å². The SMILES string of the molecule is C(=Cc1ccccc1-c1cc(OCc2ccccc2)cc(OCc2ccccc2)c1)c1ccccc1. The van der Waals surface area contributed by atoms with Crippen molar-refractivity contribution in [2.45, 2.75) is 13.2 Å². The third-order valence-corrected chi connectivity index (χ3v) is 5.90. The smallest absolute Gasteiger partial charge is 0.124 e. The van der Waals surface area contributed by atoms with Gasteiger partial charge in [-0.2, -0.15) is 0 Å². The van der Waals surface area contributed by atoms with E-state index in [1.807, 2.05) is 48.5 Å². The molecule has 0 aliphatic rings. The highest BCUT2D eigenvalue weighted by atomic mass is 16.5. The van der Waals surface area contributed by atoms with Crippen LogP contribution in [0.25, 0.3) is 23.3 Å². The molecule has 176 valence electrons. The molecule has 5 aromatic rings. The highest BCUT2D eigenvalue weighted by Crippen LogP contribution is 2.33. The lowest BCUT2D eigenvalue weighted by atomic mass is 9.98. The van der Waals surface area contributed by atoms with E-state index in [0.29, 0.717) is 13.2 Å². The van der Waals surface area contributed by atoms with E-state index in [1.165, 1.54) is 5.56 Å². The zero-order chi connectivity index (χ0) is 24.4. The number of benzene rings is 5. The van der Waals surface area contributed by atoms with Crippen molar-refractivity contribution in [3.05, 3.63) is 156 Å². The van der Waals surface area contributed by atoms with Crippen LogP contribution < -0.4 is 9.47 Å². The van der Waals surface area contributed by atoms with Gasteiger partial charge in [-0.3, -0.25) is 0 Å². The van der Waals surface area contributed by atoms with Crippen LogP contribution in [0.15, 0.2) is 133 Å². The summed E-state index contributed by atoms with van der Waals surface area (Å²) in [6.07, 6.45) is 4.30. The normalized spacial score (nSPS) is 10.9. The van der Waals surface area contributed by atoms with Crippen molar-refractivity contribution in [1.29, 1.82) is 0 Å². The largest absolute Gasteiger partial charge is 0.489 e. The molecule has 0 unspecified atom stereocenters. The molecule has 0 radical (unpaired) electrons. The Morgan fingerprint density at radius 3 is 1.56 bits per heavy atom. The summed E-state index contributed by atoms with van der Waals surface area (Å²) < 4.78 is 12.4. The summed E-state index contributed by atoms with van der Waals surface area (Å²) in [5.41, 5.74) is 6.73. The molecule has 0 saturated heterocycles. The summed E-state index contributed by atoms with van der Waals surface area (Å²) >= 11 is 0. The fraction of sp³-hybridized carbons (Fsp3) is 0.0588. The number of hydrogen-bond acceptors (Lipinski definition) is 2. The van der Waals surface area contributed by atoms with Crippen molar-refractivity contribution in [2.75, 3.05) is 0 Å². The molecule has 0 aliphatic carbocycles. The second-order valence-electron chi connectivity index (χ2n) is 8.57. The van der Waals surface area contributed by atoms with Gasteiger partial charge in [-0.25, -0.2) is 0 Å². The van der Waals surface area contributed by atoms with E-state index in [4.69, 9.17) is 9.47 Å². The molecule has 0 aliphatic heterocycles.